The minimum atomic E-state index is 0.00483. The highest BCUT2D eigenvalue weighted by Crippen LogP contribution is 2.26. The van der Waals surface area contributed by atoms with E-state index in [0.29, 0.717) is 18.7 Å². The molecule has 106 valence electrons. The van der Waals surface area contributed by atoms with Gasteiger partial charge in [-0.1, -0.05) is 26.2 Å². The number of rotatable bonds is 7. The molecule has 0 aromatic carbocycles. The highest BCUT2D eigenvalue weighted by Gasteiger charge is 2.28. The van der Waals surface area contributed by atoms with Crippen LogP contribution in [0.25, 0.3) is 0 Å². The van der Waals surface area contributed by atoms with Gasteiger partial charge in [-0.3, -0.25) is 4.79 Å². The highest BCUT2D eigenvalue weighted by atomic mass is 16.5. The molecule has 18 heavy (non-hydrogen) atoms. The maximum Gasteiger partial charge on any atom is 0.308 e. The van der Waals surface area contributed by atoms with Gasteiger partial charge in [-0.25, -0.2) is 0 Å². The lowest BCUT2D eigenvalue weighted by Crippen LogP contribution is -2.41. The minimum absolute atomic E-state index is 0.00483. The van der Waals surface area contributed by atoms with E-state index in [4.69, 9.17) is 4.74 Å². The Balaban J connectivity index is 2.32. The van der Waals surface area contributed by atoms with E-state index in [1.165, 1.54) is 25.7 Å². The standard InChI is InChI=1S/C15H29NO2/c1-4-6-8-12(3)16-14-10-7-9-13(11-14)15(17)18-5-2/h12-14,16H,4-11H2,1-3H3. The molecule has 0 heterocycles. The van der Waals surface area contributed by atoms with Crippen molar-refractivity contribution in [2.24, 2.45) is 5.92 Å². The summed E-state index contributed by atoms with van der Waals surface area (Å²) in [5, 5.41) is 3.67. The van der Waals surface area contributed by atoms with E-state index < -0.39 is 0 Å². The van der Waals surface area contributed by atoms with Crippen LogP contribution in [0.15, 0.2) is 0 Å². The SMILES string of the molecule is CCCCC(C)NC1CCCC(C(=O)OCC)C1. The van der Waals surface area contributed by atoms with E-state index >= 15 is 0 Å². The molecule has 0 aliphatic heterocycles. The number of carbonyl (C=O) groups is 1. The summed E-state index contributed by atoms with van der Waals surface area (Å²) in [6.07, 6.45) is 8.06. The Morgan fingerprint density at radius 1 is 1.39 bits per heavy atom. The number of esters is 1. The molecule has 3 heteroatoms. The van der Waals surface area contributed by atoms with Gasteiger partial charge in [0, 0.05) is 12.1 Å². The van der Waals surface area contributed by atoms with Crippen molar-refractivity contribution in [2.45, 2.75) is 77.8 Å². The third-order valence-electron chi connectivity index (χ3n) is 3.81. The third kappa shape index (κ3) is 5.38. The van der Waals surface area contributed by atoms with E-state index in [2.05, 4.69) is 19.2 Å². The first-order valence-electron chi connectivity index (χ1n) is 7.60. The lowest BCUT2D eigenvalue weighted by Gasteiger charge is -2.30. The van der Waals surface area contributed by atoms with Gasteiger partial charge >= 0.3 is 5.97 Å². The molecule has 0 bridgehead atoms. The van der Waals surface area contributed by atoms with Crippen LogP contribution in [-0.2, 0) is 9.53 Å². The molecule has 3 unspecified atom stereocenters. The number of nitrogens with one attached hydrogen (secondary N) is 1. The molecule has 0 aromatic rings. The van der Waals surface area contributed by atoms with Gasteiger partial charge in [-0.2, -0.15) is 0 Å². The Morgan fingerprint density at radius 2 is 2.17 bits per heavy atom. The topological polar surface area (TPSA) is 38.3 Å². The predicted molar refractivity (Wildman–Crippen MR) is 74.5 cm³/mol. The molecule has 1 fully saturated rings. The van der Waals surface area contributed by atoms with Crippen LogP contribution in [0.4, 0.5) is 0 Å². The van der Waals surface area contributed by atoms with Gasteiger partial charge in [-0.05, 0) is 39.5 Å². The maximum absolute atomic E-state index is 11.8. The molecule has 1 aliphatic rings. The zero-order valence-electron chi connectivity index (χ0n) is 12.2. The molecule has 1 rings (SSSR count). The van der Waals surface area contributed by atoms with E-state index in [1.54, 1.807) is 0 Å². The van der Waals surface area contributed by atoms with Crippen molar-refractivity contribution in [3.8, 4) is 0 Å². The van der Waals surface area contributed by atoms with Crippen molar-refractivity contribution >= 4 is 5.97 Å². The van der Waals surface area contributed by atoms with Crippen molar-refractivity contribution in [2.75, 3.05) is 6.61 Å². The average molecular weight is 255 g/mol. The van der Waals surface area contributed by atoms with Crippen LogP contribution >= 0.6 is 0 Å². The van der Waals surface area contributed by atoms with Crippen LogP contribution in [0.1, 0.15) is 65.7 Å². The van der Waals surface area contributed by atoms with Crippen LogP contribution in [0.3, 0.4) is 0 Å². The summed E-state index contributed by atoms with van der Waals surface area (Å²) in [4.78, 5) is 11.8. The molecule has 0 aromatic heterocycles. The van der Waals surface area contributed by atoms with Crippen LogP contribution in [0.2, 0.25) is 0 Å². The summed E-state index contributed by atoms with van der Waals surface area (Å²) in [7, 11) is 0. The zero-order valence-corrected chi connectivity index (χ0v) is 12.2. The van der Waals surface area contributed by atoms with Gasteiger partial charge < -0.3 is 10.1 Å². The van der Waals surface area contributed by atoms with Gasteiger partial charge in [0.2, 0.25) is 0 Å². The zero-order chi connectivity index (χ0) is 13.4. The Hall–Kier alpha value is -0.570. The van der Waals surface area contributed by atoms with Gasteiger partial charge in [-0.15, -0.1) is 0 Å². The first-order chi connectivity index (χ1) is 8.67. The van der Waals surface area contributed by atoms with Crippen molar-refractivity contribution in [3.63, 3.8) is 0 Å². The van der Waals surface area contributed by atoms with Crippen LogP contribution < -0.4 is 5.32 Å². The normalized spacial score (nSPS) is 25.7. The maximum atomic E-state index is 11.8. The molecule has 1 saturated carbocycles. The summed E-state index contributed by atoms with van der Waals surface area (Å²) >= 11 is 0. The highest BCUT2D eigenvalue weighted by molar-refractivity contribution is 5.72. The Morgan fingerprint density at radius 3 is 2.83 bits per heavy atom. The number of hydrogen-bond donors (Lipinski definition) is 1. The predicted octanol–water partition coefficient (Wildman–Crippen LogP) is 3.28. The van der Waals surface area contributed by atoms with Crippen LogP contribution in [-0.4, -0.2) is 24.7 Å². The fraction of sp³-hybridized carbons (Fsp3) is 0.933. The van der Waals surface area contributed by atoms with E-state index in [-0.39, 0.29) is 11.9 Å². The van der Waals surface area contributed by atoms with Gasteiger partial charge in [0.15, 0.2) is 0 Å². The summed E-state index contributed by atoms with van der Waals surface area (Å²) in [5.74, 6) is 0.125. The molecule has 0 amide bonds. The summed E-state index contributed by atoms with van der Waals surface area (Å²) in [5.41, 5.74) is 0. The number of unbranched alkanes of at least 4 members (excludes halogenated alkanes) is 1. The molecular formula is C15H29NO2. The smallest absolute Gasteiger partial charge is 0.308 e. The number of ether oxygens (including phenoxy) is 1. The molecule has 3 nitrogen and oxygen atoms in total. The monoisotopic (exact) mass is 255 g/mol. The fourth-order valence-corrected chi connectivity index (χ4v) is 2.81. The Labute approximate surface area is 112 Å². The molecule has 3 atom stereocenters. The largest absolute Gasteiger partial charge is 0.466 e. The van der Waals surface area contributed by atoms with E-state index in [1.807, 2.05) is 6.92 Å². The summed E-state index contributed by atoms with van der Waals surface area (Å²) in [6, 6.07) is 1.07. The molecule has 0 spiro atoms. The van der Waals surface area contributed by atoms with E-state index in [9.17, 15) is 4.79 Å². The molecular weight excluding hydrogens is 226 g/mol. The van der Waals surface area contributed by atoms with Gasteiger partial charge in [0.05, 0.1) is 12.5 Å². The number of carbonyl (C=O) groups excluding carboxylic acids is 1. The Kier molecular flexibility index (Phi) is 7.33. The van der Waals surface area contributed by atoms with Crippen LogP contribution in [0.5, 0.6) is 0 Å². The molecule has 0 saturated heterocycles. The number of hydrogen-bond acceptors (Lipinski definition) is 3. The van der Waals surface area contributed by atoms with E-state index in [0.717, 1.165) is 19.3 Å². The molecule has 1 aliphatic carbocycles. The lowest BCUT2D eigenvalue weighted by molar-refractivity contribution is -0.149. The minimum Gasteiger partial charge on any atom is -0.466 e. The summed E-state index contributed by atoms with van der Waals surface area (Å²) in [6.45, 7) is 6.86. The summed E-state index contributed by atoms with van der Waals surface area (Å²) < 4.78 is 5.13. The second-order valence-electron chi connectivity index (χ2n) is 5.52. The molecule has 1 N–H and O–H groups in total. The van der Waals surface area contributed by atoms with Crippen molar-refractivity contribution in [1.29, 1.82) is 0 Å². The van der Waals surface area contributed by atoms with Gasteiger partial charge in [0.1, 0.15) is 0 Å². The first-order valence-corrected chi connectivity index (χ1v) is 7.60. The van der Waals surface area contributed by atoms with Gasteiger partial charge in [0.25, 0.3) is 0 Å². The van der Waals surface area contributed by atoms with Crippen molar-refractivity contribution < 1.29 is 9.53 Å². The first kappa shape index (κ1) is 15.5. The second kappa shape index (κ2) is 8.52. The lowest BCUT2D eigenvalue weighted by atomic mass is 9.85. The van der Waals surface area contributed by atoms with Crippen molar-refractivity contribution in [3.05, 3.63) is 0 Å². The van der Waals surface area contributed by atoms with Crippen LogP contribution in [0, 0.1) is 5.92 Å². The average Bonchev–Trinajstić information content (AvgIpc) is 2.37. The quantitative estimate of drug-likeness (QED) is 0.710. The second-order valence-corrected chi connectivity index (χ2v) is 5.52. The fourth-order valence-electron chi connectivity index (χ4n) is 2.81. The third-order valence-corrected chi connectivity index (χ3v) is 3.81. The Bertz CT molecular complexity index is 243. The van der Waals surface area contributed by atoms with Crippen molar-refractivity contribution in [1.82, 2.24) is 5.32 Å². The molecule has 0 radical (unpaired) electrons.